The van der Waals surface area contributed by atoms with Crippen molar-refractivity contribution in [3.63, 3.8) is 0 Å². The maximum Gasteiger partial charge on any atom is 0.692 e. The minimum absolute atomic E-state index is 0. The molecule has 0 aliphatic rings. The van der Waals surface area contributed by atoms with Crippen molar-refractivity contribution >= 4 is 16.5 Å². The molecule has 0 atom stereocenters. The lowest BCUT2D eigenvalue weighted by Crippen LogP contribution is -1.38. The zero-order valence-corrected chi connectivity index (χ0v) is 8.12. The SMILES string of the molecule is N.N.N.N.O=[P+](O)O.O=[P+](O)O. The molecule has 0 unspecified atom stereocenters. The Bertz CT molecular complexity index is 75.5. The number of hydrogen-bond donors (Lipinski definition) is 8. The first-order valence-electron chi connectivity index (χ1n) is 1.17. The summed E-state index contributed by atoms with van der Waals surface area (Å²) in [7, 11) is -5.74. The third-order valence-electron chi connectivity index (χ3n) is 0. The fourth-order valence-electron chi connectivity index (χ4n) is 0. The van der Waals surface area contributed by atoms with Crippen molar-refractivity contribution in [3.05, 3.63) is 0 Å². The quantitative estimate of drug-likeness (QED) is 0.256. The van der Waals surface area contributed by atoms with E-state index < -0.39 is 16.5 Å². The van der Waals surface area contributed by atoms with Crippen LogP contribution in [0.3, 0.4) is 0 Å². The van der Waals surface area contributed by atoms with E-state index in [1.807, 2.05) is 0 Å². The van der Waals surface area contributed by atoms with Crippen molar-refractivity contribution < 1.29 is 28.7 Å². The Balaban J connectivity index is -0.0000000112. The first kappa shape index (κ1) is 40.7. The summed E-state index contributed by atoms with van der Waals surface area (Å²) >= 11 is 0. The normalized spacial score (nSPS) is 4.33. The van der Waals surface area contributed by atoms with Crippen LogP contribution in [-0.2, 0) is 9.13 Å². The molecule has 0 aromatic heterocycles. The van der Waals surface area contributed by atoms with Gasteiger partial charge in [0, 0.05) is 9.13 Å². The summed E-state index contributed by atoms with van der Waals surface area (Å²) in [5, 5.41) is 0. The molecule has 0 aliphatic carbocycles. The third kappa shape index (κ3) is 54100. The molecular weight excluding hydrogens is 214 g/mol. The maximum atomic E-state index is 8.70. The Kier molecular flexibility index (Phi) is 104. The molecule has 80 valence electrons. The summed E-state index contributed by atoms with van der Waals surface area (Å²) in [5.74, 6) is 0. The van der Waals surface area contributed by atoms with Gasteiger partial charge in [0.05, 0.1) is 0 Å². The number of rotatable bonds is 0. The van der Waals surface area contributed by atoms with E-state index in [1.54, 1.807) is 0 Å². The molecule has 12 heteroatoms. The molecule has 0 amide bonds. The van der Waals surface area contributed by atoms with Gasteiger partial charge in [-0.3, -0.25) is 0 Å². The number of hydrogen-bond acceptors (Lipinski definition) is 6. The van der Waals surface area contributed by atoms with Gasteiger partial charge >= 0.3 is 16.5 Å². The van der Waals surface area contributed by atoms with Gasteiger partial charge < -0.3 is 24.6 Å². The molecule has 0 fully saturated rings. The Labute approximate surface area is 70.9 Å². The van der Waals surface area contributed by atoms with Crippen molar-refractivity contribution in [3.8, 4) is 0 Å². The second-order valence-corrected chi connectivity index (χ2v) is 1.52. The van der Waals surface area contributed by atoms with Gasteiger partial charge in [-0.15, -0.1) is 19.6 Å². The van der Waals surface area contributed by atoms with E-state index in [9.17, 15) is 0 Å². The Hall–Kier alpha value is -0.120. The highest BCUT2D eigenvalue weighted by Gasteiger charge is 1.93. The Morgan fingerprint density at radius 2 is 0.583 bits per heavy atom. The fraction of sp³-hybridized carbons (Fsp3) is 0. The van der Waals surface area contributed by atoms with E-state index in [1.165, 1.54) is 0 Å². The van der Waals surface area contributed by atoms with Gasteiger partial charge in [0.2, 0.25) is 0 Å². The second-order valence-electron chi connectivity index (χ2n) is 0.505. The van der Waals surface area contributed by atoms with Gasteiger partial charge in [-0.25, -0.2) is 0 Å². The van der Waals surface area contributed by atoms with Crippen LogP contribution in [0.1, 0.15) is 0 Å². The van der Waals surface area contributed by atoms with Crippen LogP contribution < -0.4 is 24.6 Å². The molecule has 12 heavy (non-hydrogen) atoms. The maximum absolute atomic E-state index is 8.70. The lowest BCUT2D eigenvalue weighted by Gasteiger charge is -1.34. The standard InChI is InChI=1S/4H3N.2HO3P/c;;;;2*1-4(2)3/h4*1H3;2*(H-,1,2,3)/p+2. The molecule has 10 nitrogen and oxygen atoms in total. The van der Waals surface area contributed by atoms with Crippen LogP contribution in [-0.4, -0.2) is 19.6 Å². The van der Waals surface area contributed by atoms with Crippen LogP contribution in [0, 0.1) is 0 Å². The monoisotopic (exact) mass is 230 g/mol. The second kappa shape index (κ2) is 30.7. The highest BCUT2D eigenvalue weighted by atomic mass is 31.1. The molecule has 0 aliphatic heterocycles. The average Bonchev–Trinajstić information content (AvgIpc) is 1.25. The van der Waals surface area contributed by atoms with E-state index in [0.29, 0.717) is 0 Å². The molecule has 16 N–H and O–H groups in total. The lowest BCUT2D eigenvalue weighted by atomic mass is 14.0. The summed E-state index contributed by atoms with van der Waals surface area (Å²) in [6.07, 6.45) is 0. The lowest BCUT2D eigenvalue weighted by molar-refractivity contribution is 0.403. The van der Waals surface area contributed by atoms with Crippen LogP contribution in [0.2, 0.25) is 0 Å². The largest absolute Gasteiger partial charge is 0.692 e. The minimum Gasteiger partial charge on any atom is -0.344 e. The fourth-order valence-corrected chi connectivity index (χ4v) is 0. The van der Waals surface area contributed by atoms with Crippen LogP contribution >= 0.6 is 16.5 Å². The summed E-state index contributed by atoms with van der Waals surface area (Å²) in [6.45, 7) is 0. The van der Waals surface area contributed by atoms with E-state index >= 15 is 0 Å². The van der Waals surface area contributed by atoms with Gasteiger partial charge in [0.15, 0.2) is 0 Å². The summed E-state index contributed by atoms with van der Waals surface area (Å²) < 4.78 is 17.4. The van der Waals surface area contributed by atoms with Crippen LogP contribution in [0.15, 0.2) is 0 Å². The topological polar surface area (TPSA) is 255 Å². The van der Waals surface area contributed by atoms with Crippen LogP contribution in [0.4, 0.5) is 0 Å². The van der Waals surface area contributed by atoms with Crippen molar-refractivity contribution in [2.24, 2.45) is 0 Å². The molecule has 0 radical (unpaired) electrons. The van der Waals surface area contributed by atoms with Crippen LogP contribution in [0.5, 0.6) is 0 Å². The minimum atomic E-state index is -2.87. The molecule has 0 spiro atoms. The average molecular weight is 230 g/mol. The zero-order chi connectivity index (χ0) is 7.15. The van der Waals surface area contributed by atoms with Gasteiger partial charge in [-0.05, 0) is 0 Å². The van der Waals surface area contributed by atoms with Crippen molar-refractivity contribution in [1.82, 2.24) is 24.6 Å². The molecule has 0 aromatic carbocycles. The molecular formula is H16N4O6P2+2. The Morgan fingerprint density at radius 3 is 0.583 bits per heavy atom. The van der Waals surface area contributed by atoms with Gasteiger partial charge in [-0.2, -0.15) is 0 Å². The highest BCUT2D eigenvalue weighted by molar-refractivity contribution is 7.31. The smallest absolute Gasteiger partial charge is 0.344 e. The zero-order valence-electron chi connectivity index (χ0n) is 6.33. The summed E-state index contributed by atoms with van der Waals surface area (Å²) in [4.78, 5) is 28.5. The molecule has 0 aromatic rings. The van der Waals surface area contributed by atoms with Gasteiger partial charge in [0.1, 0.15) is 0 Å². The van der Waals surface area contributed by atoms with E-state index in [2.05, 4.69) is 0 Å². The Morgan fingerprint density at radius 1 is 0.583 bits per heavy atom. The molecule has 0 saturated carbocycles. The third-order valence-corrected chi connectivity index (χ3v) is 0. The summed E-state index contributed by atoms with van der Waals surface area (Å²) in [5.41, 5.74) is 0. The van der Waals surface area contributed by atoms with Crippen LogP contribution in [0.25, 0.3) is 0 Å². The molecule has 0 bridgehead atoms. The van der Waals surface area contributed by atoms with Gasteiger partial charge in [-0.1, -0.05) is 0 Å². The van der Waals surface area contributed by atoms with Crippen molar-refractivity contribution in [1.29, 1.82) is 0 Å². The molecule has 0 rings (SSSR count). The first-order chi connectivity index (χ1) is 3.46. The van der Waals surface area contributed by atoms with Crippen molar-refractivity contribution in [2.45, 2.75) is 0 Å². The van der Waals surface area contributed by atoms with Crippen molar-refractivity contribution in [2.75, 3.05) is 0 Å². The van der Waals surface area contributed by atoms with E-state index in [-0.39, 0.29) is 24.6 Å². The van der Waals surface area contributed by atoms with E-state index in [0.717, 1.165) is 0 Å². The molecule has 0 heterocycles. The predicted octanol–water partition coefficient (Wildman–Crippen LogP) is -0.0952. The summed E-state index contributed by atoms with van der Waals surface area (Å²) in [6, 6.07) is 0. The van der Waals surface area contributed by atoms with Gasteiger partial charge in [0.25, 0.3) is 0 Å². The highest BCUT2D eigenvalue weighted by Crippen LogP contribution is 1.98. The first-order valence-corrected chi connectivity index (χ1v) is 3.50. The van der Waals surface area contributed by atoms with E-state index in [4.69, 9.17) is 28.7 Å². The predicted molar refractivity (Wildman–Crippen MR) is 44.2 cm³/mol. The molecule has 0 saturated heterocycles.